The average molecular weight is 278 g/mol. The van der Waals surface area contributed by atoms with E-state index in [0.717, 1.165) is 6.42 Å². The van der Waals surface area contributed by atoms with Crippen molar-refractivity contribution in [2.24, 2.45) is 0 Å². The molecule has 0 bridgehead atoms. The molecule has 1 rings (SSSR count). The van der Waals surface area contributed by atoms with Crippen LogP contribution in [0.5, 0.6) is 5.75 Å². The van der Waals surface area contributed by atoms with Gasteiger partial charge in [-0.05, 0) is 31.5 Å². The second-order valence-electron chi connectivity index (χ2n) is 3.49. The monoisotopic (exact) mass is 277 g/mol. The fourth-order valence-electron chi connectivity index (χ4n) is 1.16. The summed E-state index contributed by atoms with van der Waals surface area (Å²) < 4.78 is 30.9. The number of hydrogen-bond donors (Lipinski definition) is 1. The summed E-state index contributed by atoms with van der Waals surface area (Å²) in [4.78, 5) is 0. The van der Waals surface area contributed by atoms with E-state index in [1.165, 1.54) is 0 Å². The van der Waals surface area contributed by atoms with Crippen molar-refractivity contribution in [1.29, 1.82) is 0 Å². The Morgan fingerprint density at radius 1 is 1.35 bits per heavy atom. The van der Waals surface area contributed by atoms with Crippen molar-refractivity contribution in [3.8, 4) is 5.75 Å². The third-order valence-corrected chi connectivity index (χ3v) is 3.57. The van der Waals surface area contributed by atoms with Gasteiger partial charge < -0.3 is 4.74 Å². The summed E-state index contributed by atoms with van der Waals surface area (Å²) in [5.41, 5.74) is 0.382. The van der Waals surface area contributed by atoms with Gasteiger partial charge in [0.1, 0.15) is 5.75 Å². The number of ether oxygens (including phenoxy) is 1. The van der Waals surface area contributed by atoms with E-state index in [1.54, 1.807) is 25.1 Å². The Kier molecular flexibility index (Phi) is 5.08. The van der Waals surface area contributed by atoms with Gasteiger partial charge in [-0.1, -0.05) is 18.5 Å². The molecule has 0 radical (unpaired) electrons. The third-order valence-electron chi connectivity index (χ3n) is 2.05. The zero-order valence-corrected chi connectivity index (χ0v) is 11.4. The Balaban J connectivity index is 2.98. The fourth-order valence-corrected chi connectivity index (χ4v) is 1.97. The molecule has 0 aromatic heterocycles. The van der Waals surface area contributed by atoms with Crippen molar-refractivity contribution in [2.45, 2.75) is 20.3 Å². The summed E-state index contributed by atoms with van der Waals surface area (Å²) in [6.07, 6.45) is 0.850. The zero-order chi connectivity index (χ0) is 12.9. The highest BCUT2D eigenvalue weighted by molar-refractivity contribution is 7.92. The number of rotatable bonds is 6. The lowest BCUT2D eigenvalue weighted by Crippen LogP contribution is -2.15. The molecule has 0 amide bonds. The maximum Gasteiger partial charge on any atom is 0.232 e. The predicted molar refractivity (Wildman–Crippen MR) is 70.3 cm³/mol. The molecule has 0 fully saturated rings. The number of anilines is 1. The summed E-state index contributed by atoms with van der Waals surface area (Å²) in [5, 5.41) is 0.461. The van der Waals surface area contributed by atoms with Crippen molar-refractivity contribution in [1.82, 2.24) is 0 Å². The number of nitrogens with one attached hydrogen (secondary N) is 1. The minimum Gasteiger partial charge on any atom is -0.491 e. The van der Waals surface area contributed by atoms with E-state index in [0.29, 0.717) is 23.1 Å². The molecule has 0 saturated heterocycles. The van der Waals surface area contributed by atoms with Gasteiger partial charge in [0.25, 0.3) is 0 Å². The van der Waals surface area contributed by atoms with E-state index < -0.39 is 10.0 Å². The second kappa shape index (κ2) is 6.12. The Morgan fingerprint density at radius 2 is 2.06 bits per heavy atom. The highest BCUT2D eigenvalue weighted by Gasteiger charge is 2.11. The van der Waals surface area contributed by atoms with Crippen molar-refractivity contribution in [3.05, 3.63) is 23.2 Å². The van der Waals surface area contributed by atoms with Crippen LogP contribution in [0.2, 0.25) is 5.02 Å². The summed E-state index contributed by atoms with van der Waals surface area (Å²) in [7, 11) is -3.33. The third kappa shape index (κ3) is 4.44. The van der Waals surface area contributed by atoms with Gasteiger partial charge in [-0.25, -0.2) is 8.42 Å². The molecular weight excluding hydrogens is 262 g/mol. The van der Waals surface area contributed by atoms with Crippen LogP contribution in [0, 0.1) is 0 Å². The molecule has 0 heterocycles. The lowest BCUT2D eigenvalue weighted by Gasteiger charge is -2.12. The average Bonchev–Trinajstić information content (AvgIpc) is 2.28. The van der Waals surface area contributed by atoms with Gasteiger partial charge in [0.05, 0.1) is 18.0 Å². The first kappa shape index (κ1) is 14.1. The maximum atomic E-state index is 11.5. The lowest BCUT2D eigenvalue weighted by molar-refractivity contribution is 0.319. The lowest BCUT2D eigenvalue weighted by atomic mass is 10.3. The van der Waals surface area contributed by atoms with Crippen LogP contribution in [-0.2, 0) is 10.0 Å². The van der Waals surface area contributed by atoms with Gasteiger partial charge in [0.2, 0.25) is 10.0 Å². The van der Waals surface area contributed by atoms with E-state index in [-0.39, 0.29) is 5.75 Å². The normalized spacial score (nSPS) is 11.2. The molecule has 0 atom stereocenters. The molecule has 96 valence electrons. The summed E-state index contributed by atoms with van der Waals surface area (Å²) in [6.45, 7) is 4.08. The highest BCUT2D eigenvalue weighted by atomic mass is 35.5. The van der Waals surface area contributed by atoms with Crippen molar-refractivity contribution >= 4 is 27.3 Å². The van der Waals surface area contributed by atoms with E-state index in [4.69, 9.17) is 16.3 Å². The van der Waals surface area contributed by atoms with Gasteiger partial charge in [-0.15, -0.1) is 0 Å². The highest BCUT2D eigenvalue weighted by Crippen LogP contribution is 2.29. The Bertz CT molecular complexity index is 474. The summed E-state index contributed by atoms with van der Waals surface area (Å²) in [5.74, 6) is 0.500. The van der Waals surface area contributed by atoms with Crippen molar-refractivity contribution < 1.29 is 13.2 Å². The minimum atomic E-state index is -3.33. The quantitative estimate of drug-likeness (QED) is 0.870. The van der Waals surface area contributed by atoms with E-state index in [2.05, 4.69) is 4.72 Å². The van der Waals surface area contributed by atoms with Crippen molar-refractivity contribution in [2.75, 3.05) is 17.1 Å². The minimum absolute atomic E-state index is 0.00668. The molecule has 0 aliphatic heterocycles. The molecule has 0 aliphatic rings. The molecule has 0 unspecified atom stereocenters. The molecule has 4 nitrogen and oxygen atoms in total. The molecular formula is C11H16ClNO3S. The number of benzene rings is 1. The zero-order valence-electron chi connectivity index (χ0n) is 9.86. The molecule has 0 aliphatic carbocycles. The number of halogens is 1. The van der Waals surface area contributed by atoms with Crippen LogP contribution in [0.1, 0.15) is 20.3 Å². The predicted octanol–water partition coefficient (Wildman–Crippen LogP) is 2.89. The Morgan fingerprint density at radius 3 is 2.65 bits per heavy atom. The van der Waals surface area contributed by atoms with Crippen LogP contribution in [0.25, 0.3) is 0 Å². The van der Waals surface area contributed by atoms with Gasteiger partial charge in [-0.3, -0.25) is 4.72 Å². The molecule has 17 heavy (non-hydrogen) atoms. The van der Waals surface area contributed by atoms with Gasteiger partial charge in [-0.2, -0.15) is 0 Å². The van der Waals surface area contributed by atoms with Gasteiger partial charge >= 0.3 is 0 Å². The smallest absolute Gasteiger partial charge is 0.232 e. The van der Waals surface area contributed by atoms with Gasteiger partial charge in [0.15, 0.2) is 0 Å². The largest absolute Gasteiger partial charge is 0.491 e. The molecule has 0 spiro atoms. The number of hydrogen-bond acceptors (Lipinski definition) is 3. The topological polar surface area (TPSA) is 55.4 Å². The molecule has 0 saturated carbocycles. The molecule has 1 aromatic rings. The first-order valence-corrected chi connectivity index (χ1v) is 7.44. The number of sulfonamides is 1. The SMILES string of the molecule is CCCOc1ccc(Cl)cc1NS(=O)(=O)CC. The molecule has 6 heteroatoms. The van der Waals surface area contributed by atoms with Crippen LogP contribution >= 0.6 is 11.6 Å². The summed E-state index contributed by atoms with van der Waals surface area (Å²) in [6, 6.07) is 4.86. The first-order chi connectivity index (χ1) is 7.98. The van der Waals surface area contributed by atoms with E-state index >= 15 is 0 Å². The van der Waals surface area contributed by atoms with E-state index in [1.807, 2.05) is 6.92 Å². The molecule has 1 N–H and O–H groups in total. The van der Waals surface area contributed by atoms with Crippen LogP contribution in [-0.4, -0.2) is 20.8 Å². The van der Waals surface area contributed by atoms with Crippen LogP contribution < -0.4 is 9.46 Å². The van der Waals surface area contributed by atoms with E-state index in [9.17, 15) is 8.42 Å². The fraction of sp³-hybridized carbons (Fsp3) is 0.455. The van der Waals surface area contributed by atoms with Crippen molar-refractivity contribution in [3.63, 3.8) is 0 Å². The standard InChI is InChI=1S/C11H16ClNO3S/c1-3-7-16-11-6-5-9(12)8-10(11)13-17(14,15)4-2/h5-6,8,13H,3-4,7H2,1-2H3. The Labute approximate surface area is 107 Å². The van der Waals surface area contributed by atoms with Gasteiger partial charge in [0, 0.05) is 5.02 Å². The van der Waals surface area contributed by atoms with Crippen LogP contribution in [0.3, 0.4) is 0 Å². The second-order valence-corrected chi connectivity index (χ2v) is 5.94. The Hall–Kier alpha value is -0.940. The van der Waals surface area contributed by atoms with Crippen LogP contribution in [0.15, 0.2) is 18.2 Å². The first-order valence-electron chi connectivity index (χ1n) is 5.41. The maximum absolute atomic E-state index is 11.5. The summed E-state index contributed by atoms with van der Waals surface area (Å²) >= 11 is 5.83. The van der Waals surface area contributed by atoms with Crippen LogP contribution in [0.4, 0.5) is 5.69 Å². The molecule has 1 aromatic carbocycles.